The summed E-state index contributed by atoms with van der Waals surface area (Å²) in [4.78, 5) is 0. The molecule has 4 nitrogen and oxygen atoms in total. The Morgan fingerprint density at radius 1 is 1.38 bits per heavy atom. The smallest absolute Gasteiger partial charge is 0.124 e. The van der Waals surface area contributed by atoms with Crippen LogP contribution in [0.25, 0.3) is 11.0 Å². The van der Waals surface area contributed by atoms with E-state index in [0.717, 1.165) is 22.3 Å². The van der Waals surface area contributed by atoms with Crippen molar-refractivity contribution in [1.29, 1.82) is 0 Å². The highest BCUT2D eigenvalue weighted by molar-refractivity contribution is 5.77. The maximum Gasteiger partial charge on any atom is 0.124 e. The molecule has 0 fully saturated rings. The van der Waals surface area contributed by atoms with Crippen molar-refractivity contribution < 1.29 is 4.74 Å². The number of hydrogen-bond acceptors (Lipinski definition) is 3. The molecule has 0 saturated carbocycles. The number of fused-ring (bicyclic) bond motifs is 1. The van der Waals surface area contributed by atoms with Crippen LogP contribution in [0.4, 0.5) is 0 Å². The lowest BCUT2D eigenvalue weighted by Crippen LogP contribution is -1.91. The molecule has 2 rings (SSSR count). The zero-order chi connectivity index (χ0) is 9.42. The number of aryl methyl sites for hydroxylation is 2. The number of benzene rings is 1. The predicted octanol–water partition coefficient (Wildman–Crippen LogP) is 1.29. The van der Waals surface area contributed by atoms with Crippen molar-refractivity contribution in [2.24, 2.45) is 7.05 Å². The molecule has 68 valence electrons. The first-order chi connectivity index (χ1) is 6.22. The zero-order valence-electron chi connectivity index (χ0n) is 7.90. The fourth-order valence-electron chi connectivity index (χ4n) is 1.38. The van der Waals surface area contributed by atoms with Gasteiger partial charge in [0, 0.05) is 13.1 Å². The van der Waals surface area contributed by atoms with Crippen molar-refractivity contribution in [3.8, 4) is 5.75 Å². The van der Waals surface area contributed by atoms with Crippen molar-refractivity contribution >= 4 is 11.0 Å². The number of hydrogen-bond donors (Lipinski definition) is 0. The summed E-state index contributed by atoms with van der Waals surface area (Å²) in [7, 11) is 3.53. The maximum absolute atomic E-state index is 5.21. The van der Waals surface area contributed by atoms with Crippen LogP contribution in [0.1, 0.15) is 5.56 Å². The molecule has 13 heavy (non-hydrogen) atoms. The van der Waals surface area contributed by atoms with E-state index in [1.807, 2.05) is 26.1 Å². The zero-order valence-corrected chi connectivity index (χ0v) is 7.90. The molecule has 2 aromatic rings. The molecule has 1 aromatic heterocycles. The highest BCUT2D eigenvalue weighted by atomic mass is 16.5. The summed E-state index contributed by atoms with van der Waals surface area (Å²) >= 11 is 0. The lowest BCUT2D eigenvalue weighted by molar-refractivity contribution is 0.412. The van der Waals surface area contributed by atoms with Crippen LogP contribution >= 0.6 is 0 Å². The van der Waals surface area contributed by atoms with Gasteiger partial charge in [0.25, 0.3) is 0 Å². The molecule has 1 heterocycles. The molecule has 0 spiro atoms. The molecule has 0 N–H and O–H groups in total. The average Bonchev–Trinajstić information content (AvgIpc) is 2.46. The van der Waals surface area contributed by atoms with E-state index >= 15 is 0 Å². The number of rotatable bonds is 1. The van der Waals surface area contributed by atoms with Crippen LogP contribution in [-0.2, 0) is 7.05 Å². The van der Waals surface area contributed by atoms with E-state index in [0.29, 0.717) is 0 Å². The molecule has 0 atom stereocenters. The second-order valence-corrected chi connectivity index (χ2v) is 3.02. The number of aromatic nitrogens is 3. The van der Waals surface area contributed by atoms with E-state index < -0.39 is 0 Å². The number of methoxy groups -OCH3 is 1. The first-order valence-electron chi connectivity index (χ1n) is 4.06. The largest absolute Gasteiger partial charge is 0.496 e. The SMILES string of the molecule is COc1cc2c(cc1C)nnn2C. The van der Waals surface area contributed by atoms with Crippen LogP contribution in [0, 0.1) is 6.92 Å². The van der Waals surface area contributed by atoms with Gasteiger partial charge in [-0.2, -0.15) is 0 Å². The third-order valence-corrected chi connectivity index (χ3v) is 2.13. The molecule has 0 unspecified atom stereocenters. The predicted molar refractivity (Wildman–Crippen MR) is 49.8 cm³/mol. The maximum atomic E-state index is 5.21. The number of nitrogens with zero attached hydrogens (tertiary/aromatic N) is 3. The molecule has 0 saturated heterocycles. The van der Waals surface area contributed by atoms with Gasteiger partial charge in [0.1, 0.15) is 11.3 Å². The van der Waals surface area contributed by atoms with E-state index in [1.165, 1.54) is 0 Å². The summed E-state index contributed by atoms with van der Waals surface area (Å²) in [5.74, 6) is 0.873. The minimum absolute atomic E-state index is 0.873. The first kappa shape index (κ1) is 8.04. The van der Waals surface area contributed by atoms with E-state index in [1.54, 1.807) is 11.8 Å². The Kier molecular flexibility index (Phi) is 1.69. The lowest BCUT2D eigenvalue weighted by Gasteiger charge is -2.03. The highest BCUT2D eigenvalue weighted by Gasteiger charge is 2.05. The minimum atomic E-state index is 0.873. The van der Waals surface area contributed by atoms with Crippen LogP contribution in [-0.4, -0.2) is 22.1 Å². The van der Waals surface area contributed by atoms with Gasteiger partial charge in [0.05, 0.1) is 12.6 Å². The van der Waals surface area contributed by atoms with Gasteiger partial charge >= 0.3 is 0 Å². The second kappa shape index (κ2) is 2.73. The standard InChI is InChI=1S/C9H11N3O/c1-6-4-7-8(5-9(6)13-3)12(2)11-10-7/h4-5H,1-3H3. The summed E-state index contributed by atoms with van der Waals surface area (Å²) in [5, 5.41) is 7.94. The second-order valence-electron chi connectivity index (χ2n) is 3.02. The van der Waals surface area contributed by atoms with Crippen LogP contribution in [0.3, 0.4) is 0 Å². The Morgan fingerprint density at radius 2 is 2.15 bits per heavy atom. The van der Waals surface area contributed by atoms with E-state index in [2.05, 4.69) is 10.3 Å². The monoisotopic (exact) mass is 177 g/mol. The topological polar surface area (TPSA) is 39.9 Å². The van der Waals surface area contributed by atoms with Gasteiger partial charge in [-0.3, -0.25) is 0 Å². The Bertz CT molecular complexity index is 447. The molecular formula is C9H11N3O. The van der Waals surface area contributed by atoms with Crippen LogP contribution < -0.4 is 4.74 Å². The van der Waals surface area contributed by atoms with Gasteiger partial charge in [-0.1, -0.05) is 5.21 Å². The summed E-state index contributed by atoms with van der Waals surface area (Å²) in [6, 6.07) is 3.92. The van der Waals surface area contributed by atoms with Gasteiger partial charge in [0.2, 0.25) is 0 Å². The van der Waals surface area contributed by atoms with Crippen LogP contribution in [0.5, 0.6) is 5.75 Å². The molecule has 0 amide bonds. The first-order valence-corrected chi connectivity index (χ1v) is 4.06. The number of ether oxygens (including phenoxy) is 1. The summed E-state index contributed by atoms with van der Waals surface area (Å²) in [6.07, 6.45) is 0. The van der Waals surface area contributed by atoms with Gasteiger partial charge in [0.15, 0.2) is 0 Å². The summed E-state index contributed by atoms with van der Waals surface area (Å²) in [5.41, 5.74) is 2.97. The Balaban J connectivity index is 2.77. The van der Waals surface area contributed by atoms with Crippen molar-refractivity contribution in [2.45, 2.75) is 6.92 Å². The van der Waals surface area contributed by atoms with Gasteiger partial charge in [-0.05, 0) is 18.6 Å². The third kappa shape index (κ3) is 1.14. The molecule has 0 radical (unpaired) electrons. The van der Waals surface area contributed by atoms with Gasteiger partial charge in [-0.15, -0.1) is 5.10 Å². The molecule has 0 bridgehead atoms. The molecular weight excluding hydrogens is 166 g/mol. The Hall–Kier alpha value is -1.58. The minimum Gasteiger partial charge on any atom is -0.496 e. The van der Waals surface area contributed by atoms with E-state index in [9.17, 15) is 0 Å². The summed E-state index contributed by atoms with van der Waals surface area (Å²) < 4.78 is 6.94. The Labute approximate surface area is 76.1 Å². The molecule has 0 aliphatic carbocycles. The Morgan fingerprint density at radius 3 is 2.85 bits per heavy atom. The van der Waals surface area contributed by atoms with Gasteiger partial charge < -0.3 is 4.74 Å². The quantitative estimate of drug-likeness (QED) is 0.658. The average molecular weight is 177 g/mol. The van der Waals surface area contributed by atoms with Crippen LogP contribution in [0.2, 0.25) is 0 Å². The molecule has 1 aromatic carbocycles. The fourth-order valence-corrected chi connectivity index (χ4v) is 1.38. The van der Waals surface area contributed by atoms with Gasteiger partial charge in [-0.25, -0.2) is 4.68 Å². The van der Waals surface area contributed by atoms with E-state index in [-0.39, 0.29) is 0 Å². The van der Waals surface area contributed by atoms with Crippen molar-refractivity contribution in [1.82, 2.24) is 15.0 Å². The normalized spacial score (nSPS) is 10.7. The molecule has 0 aliphatic heterocycles. The van der Waals surface area contributed by atoms with Crippen molar-refractivity contribution in [2.75, 3.05) is 7.11 Å². The third-order valence-electron chi connectivity index (χ3n) is 2.13. The lowest BCUT2D eigenvalue weighted by atomic mass is 10.2. The summed E-state index contributed by atoms with van der Waals surface area (Å²) in [6.45, 7) is 1.99. The van der Waals surface area contributed by atoms with Crippen molar-refractivity contribution in [3.05, 3.63) is 17.7 Å². The van der Waals surface area contributed by atoms with E-state index in [4.69, 9.17) is 4.74 Å². The highest BCUT2D eigenvalue weighted by Crippen LogP contribution is 2.22. The van der Waals surface area contributed by atoms with Crippen molar-refractivity contribution in [3.63, 3.8) is 0 Å². The fraction of sp³-hybridized carbons (Fsp3) is 0.333. The van der Waals surface area contributed by atoms with Crippen LogP contribution in [0.15, 0.2) is 12.1 Å². The molecule has 4 heteroatoms. The molecule has 0 aliphatic rings.